The number of benzene rings is 2. The largest absolute Gasteiger partial charge is 0.497 e. The molecular weight excluding hydrogens is 328 g/mol. The third-order valence-corrected chi connectivity index (χ3v) is 5.34. The molecule has 1 aliphatic carbocycles. The zero-order valence-electron chi connectivity index (χ0n) is 14.8. The first-order chi connectivity index (χ1) is 12.6. The maximum Gasteiger partial charge on any atom is 0.240 e. The monoisotopic (exact) mass is 350 g/mol. The Morgan fingerprint density at radius 1 is 1.08 bits per heavy atom. The van der Waals surface area contributed by atoms with Gasteiger partial charge in [0.25, 0.3) is 0 Å². The molecule has 1 fully saturated rings. The summed E-state index contributed by atoms with van der Waals surface area (Å²) in [4.78, 5) is 27.7. The minimum atomic E-state index is -0.907. The van der Waals surface area contributed by atoms with E-state index < -0.39 is 5.41 Å². The maximum absolute atomic E-state index is 13.1. The van der Waals surface area contributed by atoms with Crippen LogP contribution in [0.3, 0.4) is 0 Å². The number of nitrogens with zero attached hydrogens (tertiary/aromatic N) is 1. The molecule has 1 aliphatic heterocycles. The van der Waals surface area contributed by atoms with E-state index in [0.717, 1.165) is 6.42 Å². The summed E-state index contributed by atoms with van der Waals surface area (Å²) < 4.78 is 5.19. The van der Waals surface area contributed by atoms with Gasteiger partial charge in [-0.05, 0) is 42.5 Å². The quantitative estimate of drug-likeness (QED) is 0.863. The van der Waals surface area contributed by atoms with Gasteiger partial charge >= 0.3 is 0 Å². The Morgan fingerprint density at radius 3 is 2.58 bits per heavy atom. The van der Waals surface area contributed by atoms with Crippen LogP contribution in [0.4, 0.5) is 5.69 Å². The van der Waals surface area contributed by atoms with Gasteiger partial charge in [0.15, 0.2) is 0 Å². The van der Waals surface area contributed by atoms with Crippen molar-refractivity contribution in [2.75, 3.05) is 19.0 Å². The smallest absolute Gasteiger partial charge is 0.240 e. The normalized spacial score (nSPS) is 17.2. The topological polar surface area (TPSA) is 58.6 Å². The number of carbonyl (C=O) groups excluding carboxylic acids is 2. The van der Waals surface area contributed by atoms with Crippen molar-refractivity contribution in [2.24, 2.45) is 5.41 Å². The lowest BCUT2D eigenvalue weighted by atomic mass is 9.97. The molecule has 2 aromatic carbocycles. The van der Waals surface area contributed by atoms with Crippen molar-refractivity contribution in [3.63, 3.8) is 0 Å². The Balaban J connectivity index is 1.48. The van der Waals surface area contributed by atoms with E-state index in [9.17, 15) is 9.59 Å². The van der Waals surface area contributed by atoms with Crippen LogP contribution < -0.4 is 10.1 Å². The molecule has 2 amide bonds. The minimum absolute atomic E-state index is 0.0487. The number of nitrogens with one attached hydrogen (secondary N) is 1. The van der Waals surface area contributed by atoms with Crippen molar-refractivity contribution >= 4 is 17.5 Å². The molecule has 0 saturated heterocycles. The molecule has 4 rings (SSSR count). The molecule has 2 aromatic rings. The second kappa shape index (κ2) is 6.48. The van der Waals surface area contributed by atoms with Crippen LogP contribution in [0.15, 0.2) is 48.5 Å². The molecule has 1 saturated carbocycles. The lowest BCUT2D eigenvalue weighted by Gasteiger charge is -2.31. The first kappa shape index (κ1) is 16.6. The van der Waals surface area contributed by atoms with Gasteiger partial charge in [-0.25, -0.2) is 0 Å². The summed E-state index contributed by atoms with van der Waals surface area (Å²) >= 11 is 0. The van der Waals surface area contributed by atoms with Gasteiger partial charge in [0, 0.05) is 24.8 Å². The first-order valence-corrected chi connectivity index (χ1v) is 8.94. The number of hydrogen-bond donors (Lipinski definition) is 1. The highest BCUT2D eigenvalue weighted by molar-refractivity contribution is 6.13. The Morgan fingerprint density at radius 2 is 1.85 bits per heavy atom. The van der Waals surface area contributed by atoms with E-state index in [0.29, 0.717) is 37.4 Å². The van der Waals surface area contributed by atoms with E-state index in [1.54, 1.807) is 19.2 Å². The summed E-state index contributed by atoms with van der Waals surface area (Å²) in [7, 11) is 1.58. The Labute approximate surface area is 153 Å². The highest BCUT2D eigenvalue weighted by atomic mass is 16.5. The summed E-state index contributed by atoms with van der Waals surface area (Å²) in [6.07, 6.45) is 2.06. The first-order valence-electron chi connectivity index (χ1n) is 8.94. The van der Waals surface area contributed by atoms with E-state index in [2.05, 4.69) is 17.4 Å². The average Bonchev–Trinajstić information content (AvgIpc) is 3.49. The van der Waals surface area contributed by atoms with E-state index >= 15 is 0 Å². The number of amides is 2. The number of hydrogen-bond acceptors (Lipinski definition) is 3. The molecule has 26 heavy (non-hydrogen) atoms. The summed E-state index contributed by atoms with van der Waals surface area (Å²) in [6.45, 7) is 1.26. The minimum Gasteiger partial charge on any atom is -0.497 e. The molecule has 5 nitrogen and oxygen atoms in total. The lowest BCUT2D eigenvalue weighted by Crippen LogP contribution is -2.45. The summed E-state index contributed by atoms with van der Waals surface area (Å²) in [5, 5.41) is 2.89. The molecule has 0 radical (unpaired) electrons. The SMILES string of the molecule is COc1cccc(NC(=O)C2(C(=O)N3CCc4ccccc4C3)CC2)c1. The number of methoxy groups -OCH3 is 1. The van der Waals surface area contributed by atoms with Crippen molar-refractivity contribution in [3.8, 4) is 5.75 Å². The lowest BCUT2D eigenvalue weighted by molar-refractivity contribution is -0.143. The molecule has 0 unspecified atom stereocenters. The predicted molar refractivity (Wildman–Crippen MR) is 98.9 cm³/mol. The van der Waals surface area contributed by atoms with Crippen LogP contribution in [0.1, 0.15) is 24.0 Å². The van der Waals surface area contributed by atoms with Gasteiger partial charge in [-0.3, -0.25) is 9.59 Å². The van der Waals surface area contributed by atoms with Crippen molar-refractivity contribution in [3.05, 3.63) is 59.7 Å². The van der Waals surface area contributed by atoms with Crippen LogP contribution in [0.5, 0.6) is 5.75 Å². The fourth-order valence-corrected chi connectivity index (χ4v) is 3.59. The number of fused-ring (bicyclic) bond motifs is 1. The van der Waals surface area contributed by atoms with E-state index in [4.69, 9.17) is 4.74 Å². The van der Waals surface area contributed by atoms with Crippen LogP contribution in [-0.2, 0) is 22.6 Å². The second-order valence-electron chi connectivity index (χ2n) is 7.01. The van der Waals surface area contributed by atoms with Gasteiger partial charge in [0.05, 0.1) is 7.11 Å². The van der Waals surface area contributed by atoms with Crippen molar-refractivity contribution in [1.29, 1.82) is 0 Å². The highest BCUT2D eigenvalue weighted by Crippen LogP contribution is 2.48. The Kier molecular flexibility index (Phi) is 4.15. The fourth-order valence-electron chi connectivity index (χ4n) is 3.59. The average molecular weight is 350 g/mol. The van der Waals surface area contributed by atoms with E-state index in [-0.39, 0.29) is 11.8 Å². The Hall–Kier alpha value is -2.82. The van der Waals surface area contributed by atoms with Crippen LogP contribution in [-0.4, -0.2) is 30.4 Å². The number of carbonyl (C=O) groups is 2. The molecule has 1 heterocycles. The van der Waals surface area contributed by atoms with Crippen molar-refractivity contribution in [1.82, 2.24) is 4.90 Å². The van der Waals surface area contributed by atoms with Gasteiger partial charge in [0.2, 0.25) is 11.8 Å². The zero-order valence-corrected chi connectivity index (χ0v) is 14.8. The molecule has 0 spiro atoms. The van der Waals surface area contributed by atoms with Crippen LogP contribution in [0.25, 0.3) is 0 Å². The molecule has 0 atom stereocenters. The van der Waals surface area contributed by atoms with Crippen molar-refractivity contribution < 1.29 is 14.3 Å². The number of ether oxygens (including phenoxy) is 1. The van der Waals surface area contributed by atoms with Crippen molar-refractivity contribution in [2.45, 2.75) is 25.8 Å². The summed E-state index contributed by atoms with van der Waals surface area (Å²) in [5.41, 5.74) is 2.21. The number of rotatable bonds is 4. The predicted octanol–water partition coefficient (Wildman–Crippen LogP) is 3.00. The van der Waals surface area contributed by atoms with Gasteiger partial charge in [-0.2, -0.15) is 0 Å². The van der Waals surface area contributed by atoms with Gasteiger partial charge in [-0.15, -0.1) is 0 Å². The van der Waals surface area contributed by atoms with E-state index in [1.807, 2.05) is 29.2 Å². The van der Waals surface area contributed by atoms with Gasteiger partial charge in [-0.1, -0.05) is 30.3 Å². The molecule has 2 aliphatic rings. The molecule has 5 heteroatoms. The zero-order chi connectivity index (χ0) is 18.1. The van der Waals surface area contributed by atoms with Gasteiger partial charge in [0.1, 0.15) is 11.2 Å². The molecule has 0 bridgehead atoms. The number of anilines is 1. The summed E-state index contributed by atoms with van der Waals surface area (Å²) in [6, 6.07) is 15.4. The third kappa shape index (κ3) is 2.94. The van der Waals surface area contributed by atoms with Crippen LogP contribution >= 0.6 is 0 Å². The molecule has 134 valence electrons. The highest BCUT2D eigenvalue weighted by Gasteiger charge is 2.58. The fraction of sp³-hybridized carbons (Fsp3) is 0.333. The van der Waals surface area contributed by atoms with Crippen LogP contribution in [0, 0.1) is 5.41 Å². The third-order valence-electron chi connectivity index (χ3n) is 5.34. The maximum atomic E-state index is 13.1. The summed E-state index contributed by atoms with van der Waals surface area (Å²) in [5.74, 6) is 0.411. The molecular formula is C21H22N2O3. The molecule has 0 aromatic heterocycles. The van der Waals surface area contributed by atoms with Crippen LogP contribution in [0.2, 0.25) is 0 Å². The second-order valence-corrected chi connectivity index (χ2v) is 7.01. The van der Waals surface area contributed by atoms with E-state index in [1.165, 1.54) is 11.1 Å². The Bertz CT molecular complexity index is 858. The molecule has 1 N–H and O–H groups in total. The van der Waals surface area contributed by atoms with Gasteiger partial charge < -0.3 is 15.0 Å². The standard InChI is InChI=1S/C21H22N2O3/c1-26-18-8-4-7-17(13-18)22-19(24)21(10-11-21)20(25)23-12-9-15-5-2-3-6-16(15)14-23/h2-8,13H,9-12,14H2,1H3,(H,22,24).